The molecule has 7 nitrogen and oxygen atoms in total. The average Bonchev–Trinajstić information content (AvgIpc) is 2.91. The first-order valence-corrected chi connectivity index (χ1v) is 5.99. The second kappa shape index (κ2) is 5.96. The molecule has 20 heavy (non-hydrogen) atoms. The number of Topliss-reactive ketones (excluding diaryl/α,β-unsaturated/α-hetero) is 1. The Morgan fingerprint density at radius 2 is 2.20 bits per heavy atom. The van der Waals surface area contributed by atoms with Crippen molar-refractivity contribution < 1.29 is 19.4 Å². The highest BCUT2D eigenvalue weighted by Gasteiger charge is 2.14. The second-order valence-corrected chi connectivity index (χ2v) is 4.02. The minimum atomic E-state index is -0.411. The number of phenolic OH excluding ortho intramolecular Hbond substituents is 1. The third-order valence-electron chi connectivity index (χ3n) is 2.56. The summed E-state index contributed by atoms with van der Waals surface area (Å²) in [6, 6.07) is 4.11. The summed E-state index contributed by atoms with van der Waals surface area (Å²) in [5.74, 6) is -0.768. The van der Waals surface area contributed by atoms with E-state index < -0.39 is 5.97 Å². The van der Waals surface area contributed by atoms with Gasteiger partial charge in [-0.05, 0) is 12.1 Å². The lowest BCUT2D eigenvalue weighted by Crippen LogP contribution is -2.11. The number of hydrogen-bond acceptors (Lipinski definition) is 6. The van der Waals surface area contributed by atoms with E-state index in [2.05, 4.69) is 10.1 Å². The van der Waals surface area contributed by atoms with Gasteiger partial charge >= 0.3 is 5.97 Å². The van der Waals surface area contributed by atoms with E-state index in [0.717, 1.165) is 0 Å². The number of carbonyl (C=O) groups is 2. The minimum Gasteiger partial charge on any atom is -0.507 e. The van der Waals surface area contributed by atoms with Crippen molar-refractivity contribution in [1.29, 1.82) is 0 Å². The van der Waals surface area contributed by atoms with Gasteiger partial charge in [0.1, 0.15) is 30.7 Å². The summed E-state index contributed by atoms with van der Waals surface area (Å²) in [6.45, 7) is 1.64. The summed E-state index contributed by atoms with van der Waals surface area (Å²) in [5.41, 5.74) is 0.136. The van der Waals surface area contributed by atoms with Gasteiger partial charge in [-0.2, -0.15) is 5.10 Å². The summed E-state index contributed by atoms with van der Waals surface area (Å²) >= 11 is 0. The van der Waals surface area contributed by atoms with Crippen molar-refractivity contribution >= 4 is 11.8 Å². The highest BCUT2D eigenvalue weighted by molar-refractivity contribution is 5.98. The van der Waals surface area contributed by atoms with Crippen LogP contribution in [-0.2, 0) is 11.3 Å². The van der Waals surface area contributed by atoms with E-state index in [1.807, 2.05) is 0 Å². The van der Waals surface area contributed by atoms with Crippen molar-refractivity contribution in [1.82, 2.24) is 14.8 Å². The van der Waals surface area contributed by atoms with Gasteiger partial charge in [0.2, 0.25) is 0 Å². The zero-order chi connectivity index (χ0) is 14.5. The Kier molecular flexibility index (Phi) is 4.09. The summed E-state index contributed by atoms with van der Waals surface area (Å²) in [6.07, 6.45) is 2.96. The number of ether oxygens (including phenoxy) is 1. The first-order valence-electron chi connectivity index (χ1n) is 5.99. The van der Waals surface area contributed by atoms with Crippen molar-refractivity contribution in [3.8, 4) is 11.5 Å². The van der Waals surface area contributed by atoms with E-state index in [1.54, 1.807) is 6.92 Å². The SMILES string of the molecule is CCC(=O)Oc1ccc(C(=O)Cn2cncn2)c(O)c1. The summed E-state index contributed by atoms with van der Waals surface area (Å²) in [5, 5.41) is 13.6. The van der Waals surface area contributed by atoms with Gasteiger partial charge in [-0.15, -0.1) is 0 Å². The molecule has 1 heterocycles. The topological polar surface area (TPSA) is 94.3 Å². The number of carbonyl (C=O) groups excluding carboxylic acids is 2. The third-order valence-corrected chi connectivity index (χ3v) is 2.56. The molecule has 2 rings (SSSR count). The normalized spacial score (nSPS) is 10.2. The molecular weight excluding hydrogens is 262 g/mol. The molecule has 1 N–H and O–H groups in total. The molecule has 0 amide bonds. The van der Waals surface area contributed by atoms with Crippen LogP contribution in [0.1, 0.15) is 23.7 Å². The molecule has 2 aromatic rings. The molecule has 0 aliphatic carbocycles. The van der Waals surface area contributed by atoms with Crippen LogP contribution >= 0.6 is 0 Å². The molecule has 0 aliphatic rings. The molecule has 1 aromatic carbocycles. The molecule has 0 aliphatic heterocycles. The number of benzene rings is 1. The predicted octanol–water partition coefficient (Wildman–Crippen LogP) is 1.18. The average molecular weight is 275 g/mol. The molecule has 0 unspecified atom stereocenters. The Hall–Kier alpha value is -2.70. The fourth-order valence-corrected chi connectivity index (χ4v) is 1.56. The fraction of sp³-hybridized carbons (Fsp3) is 0.231. The fourth-order valence-electron chi connectivity index (χ4n) is 1.56. The lowest BCUT2D eigenvalue weighted by Gasteiger charge is -2.07. The first-order chi connectivity index (χ1) is 9.60. The molecule has 104 valence electrons. The number of nitrogens with zero attached hydrogens (tertiary/aromatic N) is 3. The Morgan fingerprint density at radius 1 is 1.40 bits per heavy atom. The van der Waals surface area contributed by atoms with Crippen LogP contribution in [0.25, 0.3) is 0 Å². The molecule has 0 saturated carbocycles. The Labute approximate surface area is 114 Å². The Morgan fingerprint density at radius 3 is 2.80 bits per heavy atom. The van der Waals surface area contributed by atoms with E-state index >= 15 is 0 Å². The molecule has 1 aromatic heterocycles. The second-order valence-electron chi connectivity index (χ2n) is 4.02. The van der Waals surface area contributed by atoms with Crippen molar-refractivity contribution in [3.05, 3.63) is 36.4 Å². The smallest absolute Gasteiger partial charge is 0.310 e. The number of aromatic nitrogens is 3. The molecule has 0 spiro atoms. The van der Waals surface area contributed by atoms with E-state index in [-0.39, 0.29) is 35.8 Å². The van der Waals surface area contributed by atoms with Gasteiger partial charge in [0.05, 0.1) is 5.56 Å². The van der Waals surface area contributed by atoms with Gasteiger partial charge in [0.15, 0.2) is 5.78 Å². The van der Waals surface area contributed by atoms with Crippen LogP contribution in [0.4, 0.5) is 0 Å². The number of esters is 1. The van der Waals surface area contributed by atoms with Crippen molar-refractivity contribution in [3.63, 3.8) is 0 Å². The Bertz CT molecular complexity index is 623. The molecule has 0 bridgehead atoms. The van der Waals surface area contributed by atoms with Gasteiger partial charge in [-0.1, -0.05) is 6.92 Å². The number of aromatic hydroxyl groups is 1. The number of hydrogen-bond donors (Lipinski definition) is 1. The van der Waals surface area contributed by atoms with Crippen LogP contribution in [0.2, 0.25) is 0 Å². The maximum Gasteiger partial charge on any atom is 0.310 e. The monoisotopic (exact) mass is 275 g/mol. The molecule has 0 atom stereocenters. The third kappa shape index (κ3) is 3.19. The van der Waals surface area contributed by atoms with Gasteiger partial charge in [0.25, 0.3) is 0 Å². The maximum atomic E-state index is 12.0. The predicted molar refractivity (Wildman–Crippen MR) is 68.4 cm³/mol. The maximum absolute atomic E-state index is 12.0. The van der Waals surface area contributed by atoms with Gasteiger partial charge in [-0.3, -0.25) is 9.59 Å². The molecule has 0 radical (unpaired) electrons. The highest BCUT2D eigenvalue weighted by atomic mass is 16.5. The van der Waals surface area contributed by atoms with E-state index in [1.165, 1.54) is 35.5 Å². The van der Waals surface area contributed by atoms with Crippen LogP contribution in [0.5, 0.6) is 11.5 Å². The lowest BCUT2D eigenvalue weighted by atomic mass is 10.1. The van der Waals surface area contributed by atoms with Crippen LogP contribution in [0.15, 0.2) is 30.9 Å². The largest absolute Gasteiger partial charge is 0.507 e. The van der Waals surface area contributed by atoms with Crippen LogP contribution in [-0.4, -0.2) is 31.6 Å². The zero-order valence-corrected chi connectivity index (χ0v) is 10.8. The van der Waals surface area contributed by atoms with Gasteiger partial charge in [-0.25, -0.2) is 9.67 Å². The summed E-state index contributed by atoms with van der Waals surface area (Å²) in [7, 11) is 0. The minimum absolute atomic E-state index is 0.0261. The van der Waals surface area contributed by atoms with Gasteiger partial charge < -0.3 is 9.84 Å². The number of ketones is 1. The first kappa shape index (κ1) is 13.7. The summed E-state index contributed by atoms with van der Waals surface area (Å²) in [4.78, 5) is 26.8. The van der Waals surface area contributed by atoms with E-state index in [0.29, 0.717) is 0 Å². The standard InChI is InChI=1S/C13H13N3O4/c1-2-13(19)20-9-3-4-10(11(17)5-9)12(18)6-16-8-14-7-15-16/h3-5,7-8,17H,2,6H2,1H3. The quantitative estimate of drug-likeness (QED) is 0.500. The van der Waals surface area contributed by atoms with Crippen molar-refractivity contribution in [2.45, 2.75) is 19.9 Å². The number of phenols is 1. The van der Waals surface area contributed by atoms with Crippen LogP contribution in [0.3, 0.4) is 0 Å². The van der Waals surface area contributed by atoms with E-state index in [4.69, 9.17) is 4.74 Å². The van der Waals surface area contributed by atoms with Crippen LogP contribution < -0.4 is 4.74 Å². The zero-order valence-electron chi connectivity index (χ0n) is 10.8. The lowest BCUT2D eigenvalue weighted by molar-refractivity contribution is -0.134. The number of rotatable bonds is 5. The van der Waals surface area contributed by atoms with Crippen molar-refractivity contribution in [2.75, 3.05) is 0 Å². The van der Waals surface area contributed by atoms with E-state index in [9.17, 15) is 14.7 Å². The molecular formula is C13H13N3O4. The van der Waals surface area contributed by atoms with Crippen LogP contribution in [0, 0.1) is 0 Å². The molecule has 0 saturated heterocycles. The Balaban J connectivity index is 2.13. The highest BCUT2D eigenvalue weighted by Crippen LogP contribution is 2.24. The van der Waals surface area contributed by atoms with Gasteiger partial charge in [0, 0.05) is 12.5 Å². The summed E-state index contributed by atoms with van der Waals surface area (Å²) < 4.78 is 6.30. The van der Waals surface area contributed by atoms with Crippen molar-refractivity contribution in [2.24, 2.45) is 0 Å². The molecule has 0 fully saturated rings. The molecule has 7 heteroatoms.